The van der Waals surface area contributed by atoms with Crippen molar-refractivity contribution in [1.82, 2.24) is 9.80 Å². The van der Waals surface area contributed by atoms with Crippen molar-refractivity contribution in [3.05, 3.63) is 60.2 Å². The lowest BCUT2D eigenvalue weighted by molar-refractivity contribution is 0.142. The quantitative estimate of drug-likeness (QED) is 0.908. The van der Waals surface area contributed by atoms with Crippen LogP contribution in [0.1, 0.15) is 12.5 Å². The summed E-state index contributed by atoms with van der Waals surface area (Å²) in [6.45, 7) is 6.71. The number of anilines is 1. The minimum atomic E-state index is -0.0273. The molecule has 2 amide bonds. The van der Waals surface area contributed by atoms with Crippen molar-refractivity contribution in [2.24, 2.45) is 0 Å². The Labute approximate surface area is 149 Å². The van der Waals surface area contributed by atoms with Gasteiger partial charge in [0, 0.05) is 44.0 Å². The van der Waals surface area contributed by atoms with Crippen LogP contribution in [0.25, 0.3) is 0 Å². The van der Waals surface area contributed by atoms with Gasteiger partial charge in [-0.2, -0.15) is 0 Å². The molecule has 0 radical (unpaired) electrons. The number of carbonyl (C=O) groups is 1. The summed E-state index contributed by atoms with van der Waals surface area (Å²) >= 11 is 0. The van der Waals surface area contributed by atoms with E-state index in [1.165, 1.54) is 5.56 Å². The van der Waals surface area contributed by atoms with Crippen LogP contribution < -0.4 is 10.1 Å². The van der Waals surface area contributed by atoms with Crippen LogP contribution in [0.5, 0.6) is 5.75 Å². The largest absolute Gasteiger partial charge is 0.494 e. The van der Waals surface area contributed by atoms with Crippen molar-refractivity contribution in [3.8, 4) is 5.75 Å². The second-order valence-electron chi connectivity index (χ2n) is 6.10. The van der Waals surface area contributed by atoms with Gasteiger partial charge in [0.15, 0.2) is 0 Å². The Bertz CT molecular complexity index is 682. The van der Waals surface area contributed by atoms with Gasteiger partial charge in [-0.3, -0.25) is 4.90 Å². The highest BCUT2D eigenvalue weighted by Gasteiger charge is 2.21. The third-order valence-corrected chi connectivity index (χ3v) is 4.35. The van der Waals surface area contributed by atoms with Gasteiger partial charge < -0.3 is 15.0 Å². The van der Waals surface area contributed by atoms with Crippen molar-refractivity contribution >= 4 is 11.7 Å². The number of amides is 2. The highest BCUT2D eigenvalue weighted by atomic mass is 16.5. The summed E-state index contributed by atoms with van der Waals surface area (Å²) in [5.41, 5.74) is 2.03. The van der Waals surface area contributed by atoms with Crippen LogP contribution >= 0.6 is 0 Å². The van der Waals surface area contributed by atoms with Crippen molar-refractivity contribution < 1.29 is 9.53 Å². The van der Waals surface area contributed by atoms with Gasteiger partial charge in [-0.25, -0.2) is 4.79 Å². The number of ether oxygens (including phenoxy) is 1. The predicted octanol–water partition coefficient (Wildman–Crippen LogP) is 3.44. The zero-order valence-electron chi connectivity index (χ0n) is 14.6. The Morgan fingerprint density at radius 3 is 2.40 bits per heavy atom. The summed E-state index contributed by atoms with van der Waals surface area (Å²) in [6, 6.07) is 17.7. The molecule has 3 rings (SSSR count). The molecule has 1 N–H and O–H groups in total. The number of rotatable bonds is 5. The molecule has 0 bridgehead atoms. The van der Waals surface area contributed by atoms with E-state index in [1.807, 2.05) is 60.4 Å². The average Bonchev–Trinajstić information content (AvgIpc) is 2.65. The van der Waals surface area contributed by atoms with E-state index in [4.69, 9.17) is 4.74 Å². The maximum absolute atomic E-state index is 12.3. The van der Waals surface area contributed by atoms with Gasteiger partial charge in [-0.05, 0) is 25.1 Å². The molecule has 1 saturated heterocycles. The highest BCUT2D eigenvalue weighted by Crippen LogP contribution is 2.20. The van der Waals surface area contributed by atoms with Crippen molar-refractivity contribution in [1.29, 1.82) is 0 Å². The minimum Gasteiger partial charge on any atom is -0.494 e. The molecular weight excluding hydrogens is 314 g/mol. The molecular formula is C20H25N3O2. The molecule has 25 heavy (non-hydrogen) atoms. The molecule has 1 heterocycles. The van der Waals surface area contributed by atoms with Gasteiger partial charge in [0.2, 0.25) is 0 Å². The van der Waals surface area contributed by atoms with Gasteiger partial charge >= 0.3 is 6.03 Å². The van der Waals surface area contributed by atoms with Crippen molar-refractivity contribution in [2.75, 3.05) is 38.1 Å². The maximum atomic E-state index is 12.3. The lowest BCUT2D eigenvalue weighted by atomic mass is 10.1. The summed E-state index contributed by atoms with van der Waals surface area (Å²) in [4.78, 5) is 16.6. The number of urea groups is 1. The number of nitrogens with one attached hydrogen (secondary N) is 1. The van der Waals surface area contributed by atoms with Crippen LogP contribution in [0, 0.1) is 0 Å². The van der Waals surface area contributed by atoms with Crippen LogP contribution in [-0.2, 0) is 6.54 Å². The number of hydrogen-bond donors (Lipinski definition) is 1. The van der Waals surface area contributed by atoms with Crippen molar-refractivity contribution in [2.45, 2.75) is 13.5 Å². The molecule has 0 atom stereocenters. The average molecular weight is 339 g/mol. The Morgan fingerprint density at radius 1 is 1.00 bits per heavy atom. The third-order valence-electron chi connectivity index (χ3n) is 4.35. The summed E-state index contributed by atoms with van der Waals surface area (Å²) in [6.07, 6.45) is 0. The van der Waals surface area contributed by atoms with Gasteiger partial charge in [0.25, 0.3) is 0 Å². The summed E-state index contributed by atoms with van der Waals surface area (Å²) < 4.78 is 5.70. The molecule has 0 saturated carbocycles. The number of piperazine rings is 1. The zero-order valence-corrected chi connectivity index (χ0v) is 14.6. The van der Waals surface area contributed by atoms with E-state index in [2.05, 4.69) is 16.3 Å². The molecule has 0 aliphatic carbocycles. The Hall–Kier alpha value is -2.53. The topological polar surface area (TPSA) is 44.8 Å². The Morgan fingerprint density at radius 2 is 1.68 bits per heavy atom. The molecule has 0 unspecified atom stereocenters. The first kappa shape index (κ1) is 17.3. The first-order chi connectivity index (χ1) is 12.3. The van der Waals surface area contributed by atoms with Crippen LogP contribution in [0.4, 0.5) is 10.5 Å². The standard InChI is InChI=1S/C20H25N3O2/c1-2-25-19-11-7-6-8-17(19)16-22-12-14-23(15-13-22)20(24)21-18-9-4-3-5-10-18/h3-11H,2,12-16H2,1H3,(H,21,24). The number of benzene rings is 2. The molecule has 1 aliphatic rings. The summed E-state index contributed by atoms with van der Waals surface area (Å²) in [5.74, 6) is 0.953. The Balaban J connectivity index is 1.51. The summed E-state index contributed by atoms with van der Waals surface area (Å²) in [7, 11) is 0. The van der Waals surface area contributed by atoms with E-state index in [9.17, 15) is 4.79 Å². The molecule has 2 aromatic carbocycles. The van der Waals surface area contributed by atoms with Gasteiger partial charge in [-0.15, -0.1) is 0 Å². The molecule has 1 fully saturated rings. The number of para-hydroxylation sites is 2. The SMILES string of the molecule is CCOc1ccccc1CN1CCN(C(=O)Nc2ccccc2)CC1. The Kier molecular flexibility index (Phi) is 5.90. The fourth-order valence-electron chi connectivity index (χ4n) is 3.00. The second kappa shape index (κ2) is 8.53. The monoisotopic (exact) mass is 339 g/mol. The molecule has 132 valence electrons. The first-order valence-electron chi connectivity index (χ1n) is 8.80. The molecule has 1 aliphatic heterocycles. The van der Waals surface area contributed by atoms with Gasteiger partial charge in [-0.1, -0.05) is 36.4 Å². The molecule has 0 spiro atoms. The third kappa shape index (κ3) is 4.73. The smallest absolute Gasteiger partial charge is 0.321 e. The molecule has 5 heteroatoms. The number of hydrogen-bond acceptors (Lipinski definition) is 3. The lowest BCUT2D eigenvalue weighted by Crippen LogP contribution is -2.49. The zero-order chi connectivity index (χ0) is 17.5. The van der Waals surface area contributed by atoms with Gasteiger partial charge in [0.1, 0.15) is 5.75 Å². The van der Waals surface area contributed by atoms with Crippen LogP contribution in [0.15, 0.2) is 54.6 Å². The molecule has 0 aromatic heterocycles. The van der Waals surface area contributed by atoms with Gasteiger partial charge in [0.05, 0.1) is 6.61 Å². The second-order valence-corrected chi connectivity index (χ2v) is 6.10. The fraction of sp³-hybridized carbons (Fsp3) is 0.350. The first-order valence-corrected chi connectivity index (χ1v) is 8.80. The van der Waals surface area contributed by atoms with E-state index in [-0.39, 0.29) is 6.03 Å². The molecule has 5 nitrogen and oxygen atoms in total. The van der Waals surface area contributed by atoms with E-state index < -0.39 is 0 Å². The minimum absolute atomic E-state index is 0.0273. The molecule has 2 aromatic rings. The van der Waals surface area contributed by atoms with E-state index in [0.29, 0.717) is 6.61 Å². The van der Waals surface area contributed by atoms with Crippen molar-refractivity contribution in [3.63, 3.8) is 0 Å². The summed E-state index contributed by atoms with van der Waals surface area (Å²) in [5, 5.41) is 2.95. The van der Waals surface area contributed by atoms with Crippen LogP contribution in [0.3, 0.4) is 0 Å². The maximum Gasteiger partial charge on any atom is 0.321 e. The fourth-order valence-corrected chi connectivity index (χ4v) is 3.00. The van der Waals surface area contributed by atoms with E-state index in [0.717, 1.165) is 44.2 Å². The van der Waals surface area contributed by atoms with E-state index in [1.54, 1.807) is 0 Å². The lowest BCUT2D eigenvalue weighted by Gasteiger charge is -2.34. The number of carbonyl (C=O) groups excluding carboxylic acids is 1. The predicted molar refractivity (Wildman–Crippen MR) is 99.9 cm³/mol. The van der Waals surface area contributed by atoms with Crippen LogP contribution in [0.2, 0.25) is 0 Å². The number of nitrogens with zero attached hydrogens (tertiary/aromatic N) is 2. The van der Waals surface area contributed by atoms with Crippen LogP contribution in [-0.4, -0.2) is 48.6 Å². The normalized spacial score (nSPS) is 15.0. The highest BCUT2D eigenvalue weighted by molar-refractivity contribution is 5.89. The van der Waals surface area contributed by atoms with E-state index >= 15 is 0 Å².